The zero-order valence-electron chi connectivity index (χ0n) is 13.4. The highest BCUT2D eigenvalue weighted by Gasteiger charge is 2.52. The molecule has 4 saturated carbocycles. The number of benzene rings is 1. The summed E-state index contributed by atoms with van der Waals surface area (Å²) < 4.78 is 38.5. The monoisotopic (exact) mass is 337 g/mol. The lowest BCUT2D eigenvalue weighted by atomic mass is 9.50. The van der Waals surface area contributed by atoms with Gasteiger partial charge in [-0.1, -0.05) is 30.3 Å². The third kappa shape index (κ3) is 2.82. The van der Waals surface area contributed by atoms with Crippen LogP contribution in [0.4, 0.5) is 13.2 Å². The van der Waals surface area contributed by atoms with Gasteiger partial charge >= 0.3 is 12.1 Å². The van der Waals surface area contributed by atoms with E-state index in [4.69, 9.17) is 0 Å². The van der Waals surface area contributed by atoms with Crippen molar-refractivity contribution in [3.05, 3.63) is 35.9 Å². The van der Waals surface area contributed by atoms with E-state index in [2.05, 4.69) is 5.32 Å². The molecule has 1 N–H and O–H groups in total. The third-order valence-corrected chi connectivity index (χ3v) is 6.39. The van der Waals surface area contributed by atoms with E-state index in [-0.39, 0.29) is 5.92 Å². The topological polar surface area (TPSA) is 29.1 Å². The van der Waals surface area contributed by atoms with Gasteiger partial charge in [0.1, 0.15) is 0 Å². The predicted octanol–water partition coefficient (Wildman–Crippen LogP) is 4.48. The molecule has 2 nitrogen and oxygen atoms in total. The molecule has 4 bridgehead atoms. The van der Waals surface area contributed by atoms with Gasteiger partial charge in [0.05, 0.1) is 6.04 Å². The molecule has 0 radical (unpaired) electrons. The zero-order valence-corrected chi connectivity index (χ0v) is 13.4. The number of nitrogens with one attached hydrogen (secondary N) is 1. The van der Waals surface area contributed by atoms with E-state index in [1.807, 2.05) is 30.3 Å². The van der Waals surface area contributed by atoms with Gasteiger partial charge in [-0.05, 0) is 67.3 Å². The lowest BCUT2D eigenvalue weighted by Gasteiger charge is -2.56. The Morgan fingerprint density at radius 1 is 0.958 bits per heavy atom. The standard InChI is InChI=1S/C19H22F3NO/c20-19(21,22)18(24)23-17(13-4-2-1-3-5-13)16-14-7-11-6-12(9-14)10-15(16)8-11/h1-5,11-12,14-17H,6-10H2,(H,23,24)/t11-,12-,14?,15?,16?,17-/m0/s1. The molecule has 130 valence electrons. The molecule has 5 heteroatoms. The zero-order chi connectivity index (χ0) is 16.9. The molecular weight excluding hydrogens is 315 g/mol. The van der Waals surface area contributed by atoms with Crippen LogP contribution in [0.15, 0.2) is 30.3 Å². The fourth-order valence-electron chi connectivity index (χ4n) is 5.80. The van der Waals surface area contributed by atoms with Crippen LogP contribution in [0.3, 0.4) is 0 Å². The normalized spacial score (nSPS) is 35.7. The minimum atomic E-state index is -4.83. The molecular formula is C19H22F3NO. The summed E-state index contributed by atoms with van der Waals surface area (Å²) in [7, 11) is 0. The number of hydrogen-bond donors (Lipinski definition) is 1. The van der Waals surface area contributed by atoms with Crippen molar-refractivity contribution in [3.8, 4) is 0 Å². The maximum absolute atomic E-state index is 12.8. The molecule has 5 rings (SSSR count). The van der Waals surface area contributed by atoms with Crippen LogP contribution in [-0.2, 0) is 4.79 Å². The molecule has 4 aliphatic rings. The Bertz CT molecular complexity index is 585. The fraction of sp³-hybridized carbons (Fsp3) is 0.632. The van der Waals surface area contributed by atoms with Gasteiger partial charge in [-0.25, -0.2) is 0 Å². The highest BCUT2D eigenvalue weighted by atomic mass is 19.4. The molecule has 1 atom stereocenters. The molecule has 0 aliphatic heterocycles. The van der Waals surface area contributed by atoms with Gasteiger partial charge in [-0.15, -0.1) is 0 Å². The maximum Gasteiger partial charge on any atom is 0.471 e. The highest BCUT2D eigenvalue weighted by molar-refractivity contribution is 5.82. The second-order valence-corrected chi connectivity index (χ2v) is 7.87. The third-order valence-electron chi connectivity index (χ3n) is 6.39. The van der Waals surface area contributed by atoms with Crippen molar-refractivity contribution >= 4 is 5.91 Å². The first-order chi connectivity index (χ1) is 11.4. The summed E-state index contributed by atoms with van der Waals surface area (Å²) in [5, 5.41) is 2.34. The van der Waals surface area contributed by atoms with E-state index in [1.54, 1.807) is 0 Å². The summed E-state index contributed by atoms with van der Waals surface area (Å²) in [6.45, 7) is 0. The molecule has 0 heterocycles. The minimum Gasteiger partial charge on any atom is -0.341 e. The molecule has 0 unspecified atom stereocenters. The van der Waals surface area contributed by atoms with Gasteiger partial charge < -0.3 is 5.32 Å². The molecule has 0 saturated heterocycles. The van der Waals surface area contributed by atoms with Crippen LogP contribution in [0.5, 0.6) is 0 Å². The average Bonchev–Trinajstić information content (AvgIpc) is 2.52. The molecule has 0 aromatic heterocycles. The van der Waals surface area contributed by atoms with E-state index in [1.165, 1.54) is 6.42 Å². The molecule has 1 aromatic rings. The van der Waals surface area contributed by atoms with E-state index in [0.29, 0.717) is 11.8 Å². The van der Waals surface area contributed by atoms with Gasteiger partial charge in [-0.3, -0.25) is 4.79 Å². The van der Waals surface area contributed by atoms with E-state index >= 15 is 0 Å². The smallest absolute Gasteiger partial charge is 0.341 e. The van der Waals surface area contributed by atoms with E-state index in [9.17, 15) is 18.0 Å². The number of alkyl halides is 3. The second-order valence-electron chi connectivity index (χ2n) is 7.87. The van der Waals surface area contributed by atoms with Gasteiger partial charge in [0.15, 0.2) is 0 Å². The summed E-state index contributed by atoms with van der Waals surface area (Å²) in [6, 6.07) is 8.66. The molecule has 1 amide bonds. The van der Waals surface area contributed by atoms with Gasteiger partial charge in [0, 0.05) is 0 Å². The van der Waals surface area contributed by atoms with Gasteiger partial charge in [0.25, 0.3) is 0 Å². The molecule has 4 aliphatic carbocycles. The Labute approximate surface area is 139 Å². The number of carbonyl (C=O) groups excluding carboxylic acids is 1. The lowest BCUT2D eigenvalue weighted by Crippen LogP contribution is -2.51. The summed E-state index contributed by atoms with van der Waals surface area (Å²) in [5.74, 6) is 0.702. The molecule has 1 aromatic carbocycles. The maximum atomic E-state index is 12.8. The number of halogens is 3. The first-order valence-electron chi connectivity index (χ1n) is 8.84. The summed E-state index contributed by atoms with van der Waals surface area (Å²) in [6.07, 6.45) is 0.918. The van der Waals surface area contributed by atoms with Crippen LogP contribution in [0.1, 0.15) is 43.7 Å². The first-order valence-corrected chi connectivity index (χ1v) is 8.84. The SMILES string of the molecule is O=C(N[C@@H](c1ccccc1)C1C2C[C@H]3CC1C[C@H](C2)C3)C(F)(F)F. The van der Waals surface area contributed by atoms with Crippen LogP contribution in [-0.4, -0.2) is 12.1 Å². The van der Waals surface area contributed by atoms with Crippen molar-refractivity contribution in [2.24, 2.45) is 29.6 Å². The van der Waals surface area contributed by atoms with Crippen LogP contribution >= 0.6 is 0 Å². The minimum absolute atomic E-state index is 0.131. The molecule has 4 fully saturated rings. The fourth-order valence-corrected chi connectivity index (χ4v) is 5.80. The Kier molecular flexibility index (Phi) is 3.85. The van der Waals surface area contributed by atoms with Crippen molar-refractivity contribution in [2.45, 2.75) is 44.3 Å². The Balaban J connectivity index is 1.64. The largest absolute Gasteiger partial charge is 0.471 e. The van der Waals surface area contributed by atoms with Crippen molar-refractivity contribution < 1.29 is 18.0 Å². The molecule has 24 heavy (non-hydrogen) atoms. The summed E-state index contributed by atoms with van der Waals surface area (Å²) in [5.41, 5.74) is 0.799. The number of hydrogen-bond acceptors (Lipinski definition) is 1. The van der Waals surface area contributed by atoms with Crippen molar-refractivity contribution in [2.75, 3.05) is 0 Å². The quantitative estimate of drug-likeness (QED) is 0.866. The van der Waals surface area contributed by atoms with Crippen LogP contribution in [0, 0.1) is 29.6 Å². The highest BCUT2D eigenvalue weighted by Crippen LogP contribution is 2.59. The Morgan fingerprint density at radius 3 is 2.00 bits per heavy atom. The van der Waals surface area contributed by atoms with E-state index < -0.39 is 18.1 Å². The first kappa shape index (κ1) is 16.0. The summed E-state index contributed by atoms with van der Waals surface area (Å²) >= 11 is 0. The van der Waals surface area contributed by atoms with E-state index in [0.717, 1.165) is 43.1 Å². The second kappa shape index (κ2) is 5.78. The van der Waals surface area contributed by atoms with Crippen LogP contribution in [0.25, 0.3) is 0 Å². The van der Waals surface area contributed by atoms with Gasteiger partial charge in [0.2, 0.25) is 0 Å². The Morgan fingerprint density at radius 2 is 1.50 bits per heavy atom. The lowest BCUT2D eigenvalue weighted by molar-refractivity contribution is -0.176. The van der Waals surface area contributed by atoms with Gasteiger partial charge in [-0.2, -0.15) is 13.2 Å². The number of rotatable bonds is 3. The summed E-state index contributed by atoms with van der Waals surface area (Å²) in [4.78, 5) is 11.6. The Hall–Kier alpha value is -1.52. The van der Waals surface area contributed by atoms with Crippen molar-refractivity contribution in [3.63, 3.8) is 0 Å². The van der Waals surface area contributed by atoms with Crippen LogP contribution < -0.4 is 5.32 Å². The molecule has 0 spiro atoms. The van der Waals surface area contributed by atoms with Crippen molar-refractivity contribution in [1.82, 2.24) is 5.32 Å². The van der Waals surface area contributed by atoms with Crippen molar-refractivity contribution in [1.29, 1.82) is 0 Å². The number of carbonyl (C=O) groups is 1. The predicted molar refractivity (Wildman–Crippen MR) is 83.9 cm³/mol. The van der Waals surface area contributed by atoms with Crippen LogP contribution in [0.2, 0.25) is 0 Å². The average molecular weight is 337 g/mol. The number of amides is 1.